The predicted molar refractivity (Wildman–Crippen MR) is 81.3 cm³/mol. The highest BCUT2D eigenvalue weighted by atomic mass is 79.9. The van der Waals surface area contributed by atoms with Crippen LogP contribution in [0.4, 0.5) is 0 Å². The van der Waals surface area contributed by atoms with Gasteiger partial charge in [0.2, 0.25) is 10.0 Å². The van der Waals surface area contributed by atoms with E-state index in [0.717, 1.165) is 19.3 Å². The van der Waals surface area contributed by atoms with Gasteiger partial charge in [0.1, 0.15) is 4.90 Å². The third-order valence-electron chi connectivity index (χ3n) is 3.77. The number of halogens is 1. The van der Waals surface area contributed by atoms with Crippen molar-refractivity contribution in [3.63, 3.8) is 0 Å². The minimum atomic E-state index is -3.90. The van der Waals surface area contributed by atoms with Crippen LogP contribution >= 0.6 is 15.9 Å². The fraction of sp³-hybridized carbons (Fsp3) is 0.615. The SMILES string of the molecule is CCCC1CCN(C(=O)c2cc(S(N)(=O)=O)c(Br)o2)CC1. The summed E-state index contributed by atoms with van der Waals surface area (Å²) in [6.07, 6.45) is 4.29. The van der Waals surface area contributed by atoms with E-state index in [1.54, 1.807) is 4.90 Å². The lowest BCUT2D eigenvalue weighted by Gasteiger charge is -2.31. The van der Waals surface area contributed by atoms with Gasteiger partial charge in [-0.1, -0.05) is 19.8 Å². The largest absolute Gasteiger partial charge is 0.443 e. The van der Waals surface area contributed by atoms with E-state index in [2.05, 4.69) is 22.9 Å². The number of furan rings is 1. The Morgan fingerprint density at radius 3 is 2.57 bits per heavy atom. The molecule has 1 saturated heterocycles. The number of piperidine rings is 1. The van der Waals surface area contributed by atoms with Crippen molar-refractivity contribution in [2.45, 2.75) is 37.5 Å². The lowest BCUT2D eigenvalue weighted by atomic mass is 9.92. The Balaban J connectivity index is 2.08. The highest BCUT2D eigenvalue weighted by molar-refractivity contribution is 9.10. The zero-order chi connectivity index (χ0) is 15.6. The van der Waals surface area contributed by atoms with E-state index < -0.39 is 10.0 Å². The Hall–Kier alpha value is -0.860. The lowest BCUT2D eigenvalue weighted by molar-refractivity contribution is 0.0653. The van der Waals surface area contributed by atoms with Gasteiger partial charge >= 0.3 is 0 Å². The third kappa shape index (κ3) is 3.87. The van der Waals surface area contributed by atoms with Crippen LogP contribution in [0.5, 0.6) is 0 Å². The number of hydrogen-bond acceptors (Lipinski definition) is 4. The second-order valence-corrected chi connectivity index (χ2v) is 7.57. The van der Waals surface area contributed by atoms with Crippen molar-refractivity contribution in [1.82, 2.24) is 4.90 Å². The molecule has 21 heavy (non-hydrogen) atoms. The summed E-state index contributed by atoms with van der Waals surface area (Å²) < 4.78 is 27.9. The van der Waals surface area contributed by atoms with Crippen molar-refractivity contribution < 1.29 is 17.6 Å². The average Bonchev–Trinajstić information content (AvgIpc) is 2.81. The monoisotopic (exact) mass is 378 g/mol. The maximum absolute atomic E-state index is 12.3. The number of nitrogens with zero attached hydrogens (tertiary/aromatic N) is 1. The zero-order valence-corrected chi connectivity index (χ0v) is 14.2. The van der Waals surface area contributed by atoms with Gasteiger partial charge in [-0.05, 0) is 34.7 Å². The molecule has 8 heteroatoms. The molecule has 0 atom stereocenters. The normalized spacial score (nSPS) is 17.2. The molecule has 2 N–H and O–H groups in total. The molecule has 1 aliphatic rings. The van der Waals surface area contributed by atoms with Crippen LogP contribution in [-0.4, -0.2) is 32.3 Å². The summed E-state index contributed by atoms with van der Waals surface area (Å²) in [6.45, 7) is 3.51. The van der Waals surface area contributed by atoms with E-state index in [1.807, 2.05) is 0 Å². The number of nitrogens with two attached hydrogens (primary N) is 1. The summed E-state index contributed by atoms with van der Waals surface area (Å²) in [6, 6.07) is 1.18. The second-order valence-electron chi connectivity index (χ2n) is 5.32. The molecule has 1 fully saturated rings. The fourth-order valence-corrected chi connectivity index (χ4v) is 4.14. The maximum Gasteiger partial charge on any atom is 0.289 e. The van der Waals surface area contributed by atoms with Crippen molar-refractivity contribution in [3.05, 3.63) is 16.5 Å². The Morgan fingerprint density at radius 2 is 2.10 bits per heavy atom. The number of sulfonamides is 1. The minimum Gasteiger partial charge on any atom is -0.443 e. The first-order valence-electron chi connectivity index (χ1n) is 6.94. The molecule has 1 amide bonds. The number of amides is 1. The second kappa shape index (κ2) is 6.50. The van der Waals surface area contributed by atoms with Crippen molar-refractivity contribution in [2.75, 3.05) is 13.1 Å². The molecule has 2 heterocycles. The van der Waals surface area contributed by atoms with Crippen LogP contribution in [-0.2, 0) is 10.0 Å². The number of primary sulfonamides is 1. The van der Waals surface area contributed by atoms with E-state index in [0.29, 0.717) is 19.0 Å². The Labute approximate surface area is 132 Å². The molecule has 1 aliphatic heterocycles. The summed E-state index contributed by atoms with van der Waals surface area (Å²) in [4.78, 5) is 13.8. The predicted octanol–water partition coefficient (Wildman–Crippen LogP) is 2.34. The summed E-state index contributed by atoms with van der Waals surface area (Å²) in [7, 11) is -3.90. The van der Waals surface area contributed by atoms with Gasteiger partial charge in [0.15, 0.2) is 10.4 Å². The van der Waals surface area contributed by atoms with Crippen LogP contribution in [0.2, 0.25) is 0 Å². The first kappa shape index (κ1) is 16.5. The van der Waals surface area contributed by atoms with Crippen molar-refractivity contribution >= 4 is 31.9 Å². The number of likely N-dealkylation sites (tertiary alicyclic amines) is 1. The number of carbonyl (C=O) groups excluding carboxylic acids is 1. The van der Waals surface area contributed by atoms with Crippen LogP contribution in [0.15, 0.2) is 20.0 Å². The standard InChI is InChI=1S/C13H19BrN2O4S/c1-2-3-9-4-6-16(7-5-9)13(17)10-8-11(12(14)20-10)21(15,18)19/h8-9H,2-7H2,1H3,(H2,15,18,19). The van der Waals surface area contributed by atoms with Crippen molar-refractivity contribution in [3.8, 4) is 0 Å². The molecule has 2 rings (SSSR count). The summed E-state index contributed by atoms with van der Waals surface area (Å²) in [5, 5.41) is 5.06. The van der Waals surface area contributed by atoms with Gasteiger partial charge in [-0.2, -0.15) is 0 Å². The molecule has 0 spiro atoms. The van der Waals surface area contributed by atoms with Gasteiger partial charge in [0.05, 0.1) is 0 Å². The molecular formula is C13H19BrN2O4S. The molecule has 0 radical (unpaired) electrons. The average molecular weight is 379 g/mol. The Bertz CT molecular complexity index is 618. The van der Waals surface area contributed by atoms with E-state index in [9.17, 15) is 13.2 Å². The van der Waals surface area contributed by atoms with Gasteiger partial charge in [-0.15, -0.1) is 0 Å². The molecular weight excluding hydrogens is 360 g/mol. The number of carbonyl (C=O) groups is 1. The molecule has 118 valence electrons. The van der Waals surface area contributed by atoms with Crippen LogP contribution in [0.25, 0.3) is 0 Å². The Morgan fingerprint density at radius 1 is 1.48 bits per heavy atom. The smallest absolute Gasteiger partial charge is 0.289 e. The van der Waals surface area contributed by atoms with Gasteiger partial charge in [-0.3, -0.25) is 4.79 Å². The van der Waals surface area contributed by atoms with Crippen LogP contribution < -0.4 is 5.14 Å². The molecule has 0 bridgehead atoms. The zero-order valence-electron chi connectivity index (χ0n) is 11.8. The van der Waals surface area contributed by atoms with E-state index in [4.69, 9.17) is 9.56 Å². The lowest BCUT2D eigenvalue weighted by Crippen LogP contribution is -2.38. The quantitative estimate of drug-likeness (QED) is 0.869. The summed E-state index contributed by atoms with van der Waals surface area (Å²) in [5.74, 6) is 0.378. The summed E-state index contributed by atoms with van der Waals surface area (Å²) in [5.41, 5.74) is 0. The number of rotatable bonds is 4. The van der Waals surface area contributed by atoms with Crippen molar-refractivity contribution in [2.24, 2.45) is 11.1 Å². The van der Waals surface area contributed by atoms with Gasteiger partial charge in [0, 0.05) is 19.2 Å². The van der Waals surface area contributed by atoms with E-state index in [1.165, 1.54) is 12.5 Å². The molecule has 1 aromatic heterocycles. The molecule has 1 aromatic rings. The summed E-state index contributed by atoms with van der Waals surface area (Å²) >= 11 is 2.98. The highest BCUT2D eigenvalue weighted by Crippen LogP contribution is 2.28. The third-order valence-corrected chi connectivity index (χ3v) is 5.54. The minimum absolute atomic E-state index is 0.000147. The van der Waals surface area contributed by atoms with E-state index >= 15 is 0 Å². The van der Waals surface area contributed by atoms with Crippen LogP contribution in [0.1, 0.15) is 43.2 Å². The van der Waals surface area contributed by atoms with Crippen LogP contribution in [0.3, 0.4) is 0 Å². The number of hydrogen-bond donors (Lipinski definition) is 1. The van der Waals surface area contributed by atoms with Gasteiger partial charge in [-0.25, -0.2) is 13.6 Å². The van der Waals surface area contributed by atoms with Crippen molar-refractivity contribution in [1.29, 1.82) is 0 Å². The van der Waals surface area contributed by atoms with Gasteiger partial charge < -0.3 is 9.32 Å². The Kier molecular flexibility index (Phi) is 5.11. The molecule has 0 unspecified atom stereocenters. The van der Waals surface area contributed by atoms with Crippen LogP contribution in [0, 0.1) is 5.92 Å². The van der Waals surface area contributed by atoms with E-state index in [-0.39, 0.29) is 21.2 Å². The highest BCUT2D eigenvalue weighted by Gasteiger charge is 2.28. The molecule has 0 aliphatic carbocycles. The first-order valence-corrected chi connectivity index (χ1v) is 9.28. The molecule has 0 saturated carbocycles. The first-order chi connectivity index (χ1) is 9.82. The molecule has 6 nitrogen and oxygen atoms in total. The fourth-order valence-electron chi connectivity index (χ4n) is 2.64. The van der Waals surface area contributed by atoms with Gasteiger partial charge in [0.25, 0.3) is 5.91 Å². The molecule has 0 aromatic carbocycles. The topological polar surface area (TPSA) is 93.6 Å². The maximum atomic E-state index is 12.3.